The number of ether oxygens (including phenoxy) is 2. The highest BCUT2D eigenvalue weighted by molar-refractivity contribution is 8.00. The van der Waals surface area contributed by atoms with Crippen LogP contribution in [-0.4, -0.2) is 51.9 Å². The van der Waals surface area contributed by atoms with E-state index >= 15 is 0 Å². The number of nitrogens with zero attached hydrogens (tertiary/aromatic N) is 1. The molecule has 1 unspecified atom stereocenters. The highest BCUT2D eigenvalue weighted by Gasteiger charge is 2.54. The number of fused-ring (bicyclic) bond motifs is 1. The number of β-lactam (4-membered cyclic amide) rings is 1. The minimum Gasteiger partial charge on any atom is -0.455 e. The average Bonchev–Trinajstić information content (AvgIpc) is 3.43. The maximum Gasteiger partial charge on any atom is 0.356 e. The van der Waals surface area contributed by atoms with Gasteiger partial charge < -0.3 is 14.8 Å². The summed E-state index contributed by atoms with van der Waals surface area (Å²) in [6.45, 7) is 0. The largest absolute Gasteiger partial charge is 0.455 e. The van der Waals surface area contributed by atoms with E-state index in [1.54, 1.807) is 6.08 Å². The van der Waals surface area contributed by atoms with Crippen molar-refractivity contribution in [1.29, 1.82) is 0 Å². The van der Waals surface area contributed by atoms with Crippen molar-refractivity contribution < 1.29 is 28.7 Å². The molecular formula is C33H28N2O6S. The van der Waals surface area contributed by atoms with Gasteiger partial charge in [0.25, 0.3) is 5.91 Å². The van der Waals surface area contributed by atoms with Crippen LogP contribution in [0.4, 0.5) is 0 Å². The van der Waals surface area contributed by atoms with Gasteiger partial charge >= 0.3 is 11.9 Å². The Bertz CT molecular complexity index is 1520. The second-order valence-corrected chi connectivity index (χ2v) is 11.3. The highest BCUT2D eigenvalue weighted by Crippen LogP contribution is 2.43. The van der Waals surface area contributed by atoms with Gasteiger partial charge in [0.2, 0.25) is 5.91 Å². The average molecular weight is 581 g/mol. The molecule has 42 heavy (non-hydrogen) atoms. The summed E-state index contributed by atoms with van der Waals surface area (Å²) in [4.78, 5) is 53.4. The maximum absolute atomic E-state index is 14.0. The van der Waals surface area contributed by atoms with Crippen LogP contribution in [0.3, 0.4) is 0 Å². The molecule has 0 aliphatic carbocycles. The number of hydrogen-bond donors (Lipinski definition) is 1. The number of cyclic esters (lactones) is 1. The summed E-state index contributed by atoms with van der Waals surface area (Å²) in [7, 11) is 0. The smallest absolute Gasteiger partial charge is 0.356 e. The summed E-state index contributed by atoms with van der Waals surface area (Å²) < 4.78 is 11.5. The van der Waals surface area contributed by atoms with Gasteiger partial charge in [0.15, 0.2) is 6.10 Å². The van der Waals surface area contributed by atoms with Crippen molar-refractivity contribution in [3.05, 3.63) is 131 Å². The van der Waals surface area contributed by atoms with E-state index in [-0.39, 0.29) is 30.4 Å². The first-order valence-corrected chi connectivity index (χ1v) is 14.7. The molecule has 6 rings (SSSR count). The molecule has 0 radical (unpaired) electrons. The quantitative estimate of drug-likeness (QED) is 0.301. The van der Waals surface area contributed by atoms with E-state index in [2.05, 4.69) is 5.32 Å². The molecule has 8 nitrogen and oxygen atoms in total. The highest BCUT2D eigenvalue weighted by atomic mass is 32.2. The predicted molar refractivity (Wildman–Crippen MR) is 157 cm³/mol. The molecule has 212 valence electrons. The van der Waals surface area contributed by atoms with Crippen LogP contribution < -0.4 is 5.32 Å². The SMILES string of the molecule is O=C(Cc1ccccc1)N[C@@H]1C(=O)N2C(C(=O)OC(c3ccccc3)c3ccccc3)=C(CC3C=CC(=O)O3)CS[C@@H]12. The Hall–Kier alpha value is -4.63. The van der Waals surface area contributed by atoms with E-state index in [4.69, 9.17) is 9.47 Å². The summed E-state index contributed by atoms with van der Waals surface area (Å²) in [5.74, 6) is -1.33. The van der Waals surface area contributed by atoms with Crippen molar-refractivity contribution in [2.75, 3.05) is 5.75 Å². The molecule has 1 fully saturated rings. The molecular weight excluding hydrogens is 552 g/mol. The summed E-state index contributed by atoms with van der Waals surface area (Å²) in [5, 5.41) is 2.39. The second kappa shape index (κ2) is 12.1. The first-order valence-electron chi connectivity index (χ1n) is 13.7. The normalized spacial score (nSPS) is 21.1. The van der Waals surface area contributed by atoms with Crippen molar-refractivity contribution in [3.63, 3.8) is 0 Å². The molecule has 2 amide bonds. The third kappa shape index (κ3) is 5.73. The molecule has 0 bridgehead atoms. The molecule has 9 heteroatoms. The van der Waals surface area contributed by atoms with Crippen LogP contribution >= 0.6 is 11.8 Å². The molecule has 1 N–H and O–H groups in total. The first-order chi connectivity index (χ1) is 20.5. The molecule has 3 aromatic carbocycles. The zero-order valence-corrected chi connectivity index (χ0v) is 23.4. The molecule has 3 heterocycles. The van der Waals surface area contributed by atoms with Crippen molar-refractivity contribution in [3.8, 4) is 0 Å². The van der Waals surface area contributed by atoms with Crippen LogP contribution in [0.2, 0.25) is 0 Å². The van der Waals surface area contributed by atoms with Crippen LogP contribution in [0.25, 0.3) is 0 Å². The Morgan fingerprint density at radius 3 is 2.14 bits per heavy atom. The third-order valence-electron chi connectivity index (χ3n) is 7.36. The zero-order valence-electron chi connectivity index (χ0n) is 22.6. The van der Waals surface area contributed by atoms with Crippen molar-refractivity contribution >= 4 is 35.5 Å². The fourth-order valence-electron chi connectivity index (χ4n) is 5.35. The van der Waals surface area contributed by atoms with Crippen molar-refractivity contribution in [2.45, 2.75) is 36.5 Å². The van der Waals surface area contributed by atoms with Gasteiger partial charge in [0.05, 0.1) is 6.42 Å². The maximum atomic E-state index is 14.0. The number of benzene rings is 3. The number of rotatable bonds is 9. The number of nitrogens with one attached hydrogen (secondary N) is 1. The third-order valence-corrected chi connectivity index (χ3v) is 8.70. The molecule has 3 aliphatic rings. The predicted octanol–water partition coefficient (Wildman–Crippen LogP) is 4.09. The second-order valence-electron chi connectivity index (χ2n) is 10.2. The van der Waals surface area contributed by atoms with Gasteiger partial charge in [-0.3, -0.25) is 14.5 Å². The van der Waals surface area contributed by atoms with Crippen LogP contribution in [0.15, 0.2) is 114 Å². The van der Waals surface area contributed by atoms with E-state index < -0.39 is 35.6 Å². The molecule has 1 saturated heterocycles. The fourth-order valence-corrected chi connectivity index (χ4v) is 6.71. The monoisotopic (exact) mass is 580 g/mol. The van der Waals surface area contributed by atoms with Crippen LogP contribution in [0, 0.1) is 0 Å². The first kappa shape index (κ1) is 27.5. The van der Waals surface area contributed by atoms with Gasteiger partial charge in [-0.2, -0.15) is 0 Å². The van der Waals surface area contributed by atoms with Crippen molar-refractivity contribution in [1.82, 2.24) is 10.2 Å². The van der Waals surface area contributed by atoms with Gasteiger partial charge in [-0.25, -0.2) is 9.59 Å². The number of carbonyl (C=O) groups excluding carboxylic acids is 4. The molecule has 3 aliphatic heterocycles. The minimum atomic E-state index is -0.765. The van der Waals surface area contributed by atoms with E-state index in [1.165, 1.54) is 22.7 Å². The summed E-state index contributed by atoms with van der Waals surface area (Å²) in [5.41, 5.74) is 3.20. The summed E-state index contributed by atoms with van der Waals surface area (Å²) in [6.07, 6.45) is 2.16. The Morgan fingerprint density at radius 1 is 0.929 bits per heavy atom. The topological polar surface area (TPSA) is 102 Å². The Balaban J connectivity index is 1.27. The van der Waals surface area contributed by atoms with Crippen LogP contribution in [0.1, 0.15) is 29.2 Å². The molecule has 0 saturated carbocycles. The van der Waals surface area contributed by atoms with E-state index in [0.29, 0.717) is 11.3 Å². The number of carbonyl (C=O) groups is 4. The van der Waals surface area contributed by atoms with E-state index in [1.807, 2.05) is 91.0 Å². The lowest BCUT2D eigenvalue weighted by atomic mass is 9.98. The van der Waals surface area contributed by atoms with E-state index in [0.717, 1.165) is 16.7 Å². The molecule has 3 aromatic rings. The van der Waals surface area contributed by atoms with E-state index in [9.17, 15) is 19.2 Å². The van der Waals surface area contributed by atoms with Gasteiger partial charge in [-0.15, -0.1) is 11.8 Å². The minimum absolute atomic E-state index is 0.144. The zero-order chi connectivity index (χ0) is 29.1. The number of amides is 2. The molecule has 3 atom stereocenters. The van der Waals surface area contributed by atoms with Gasteiger partial charge in [-0.1, -0.05) is 91.0 Å². The fraction of sp³-hybridized carbons (Fsp3) is 0.212. The van der Waals surface area contributed by atoms with Crippen LogP contribution in [0.5, 0.6) is 0 Å². The Morgan fingerprint density at radius 2 is 1.55 bits per heavy atom. The molecule has 0 spiro atoms. The Labute approximate surface area is 247 Å². The lowest BCUT2D eigenvalue weighted by Crippen LogP contribution is -2.70. The van der Waals surface area contributed by atoms with Crippen molar-refractivity contribution in [2.24, 2.45) is 0 Å². The van der Waals surface area contributed by atoms with Gasteiger partial charge in [-0.05, 0) is 28.3 Å². The Kier molecular flexibility index (Phi) is 7.92. The number of hydrogen-bond acceptors (Lipinski definition) is 7. The summed E-state index contributed by atoms with van der Waals surface area (Å²) >= 11 is 1.46. The van der Waals surface area contributed by atoms with Crippen LogP contribution in [-0.2, 0) is 35.1 Å². The number of thioether (sulfide) groups is 1. The molecule has 0 aromatic heterocycles. The van der Waals surface area contributed by atoms with Gasteiger partial charge in [0.1, 0.15) is 23.2 Å². The lowest BCUT2D eigenvalue weighted by molar-refractivity contribution is -0.154. The summed E-state index contributed by atoms with van der Waals surface area (Å²) in [6, 6.07) is 27.3. The van der Waals surface area contributed by atoms with Gasteiger partial charge in [0, 0.05) is 18.2 Å². The number of esters is 2. The standard InChI is InChI=1S/C33H28N2O6S/c36-26(18-21-10-4-1-5-11-21)34-28-31(38)35-29(24(20-42-32(28)35)19-25-16-17-27(37)40-25)33(39)41-30(22-12-6-2-7-13-22)23-14-8-3-9-15-23/h1-17,25,28,30,32H,18-20H2,(H,34,36)/t25?,28-,32+/m1/s1. The lowest BCUT2D eigenvalue weighted by Gasteiger charge is -2.50.